The molecule has 3 aromatic rings. The molecule has 3 heterocycles. The van der Waals surface area contributed by atoms with E-state index in [2.05, 4.69) is 10.2 Å². The number of pyridine rings is 1. The third-order valence-electron chi connectivity index (χ3n) is 5.47. The van der Waals surface area contributed by atoms with Crippen LogP contribution >= 0.6 is 11.6 Å². The van der Waals surface area contributed by atoms with E-state index in [1.807, 2.05) is 49.7 Å². The van der Waals surface area contributed by atoms with E-state index in [0.29, 0.717) is 23.1 Å². The smallest absolute Gasteiger partial charge is 0.407 e. The summed E-state index contributed by atoms with van der Waals surface area (Å²) in [4.78, 5) is 19.1. The monoisotopic (exact) mass is 472 g/mol. The van der Waals surface area contributed by atoms with Crippen LogP contribution in [-0.2, 0) is 4.74 Å². The zero-order chi connectivity index (χ0) is 23.8. The fourth-order valence-corrected chi connectivity index (χ4v) is 4.19. The Kier molecular flexibility index (Phi) is 6.30. The number of ether oxygens (including phenoxy) is 3. The molecule has 8 nitrogen and oxygen atoms in total. The first-order valence-electron chi connectivity index (χ1n) is 10.8. The van der Waals surface area contributed by atoms with Gasteiger partial charge >= 0.3 is 6.09 Å². The van der Waals surface area contributed by atoms with Gasteiger partial charge in [0.15, 0.2) is 0 Å². The number of fused-ring (bicyclic) bond motifs is 1. The average molecular weight is 473 g/mol. The van der Waals surface area contributed by atoms with Crippen LogP contribution < -0.4 is 19.7 Å². The Morgan fingerprint density at radius 2 is 1.94 bits per heavy atom. The zero-order valence-corrected chi connectivity index (χ0v) is 20.3. The average Bonchev–Trinajstić information content (AvgIpc) is 3.38. The minimum Gasteiger partial charge on any atom is -0.496 e. The summed E-state index contributed by atoms with van der Waals surface area (Å²) in [6.07, 6.45) is 4.39. The second-order valence-electron chi connectivity index (χ2n) is 9.04. The van der Waals surface area contributed by atoms with E-state index >= 15 is 0 Å². The predicted molar refractivity (Wildman–Crippen MR) is 129 cm³/mol. The summed E-state index contributed by atoms with van der Waals surface area (Å²) >= 11 is 6.34. The highest BCUT2D eigenvalue weighted by atomic mass is 35.5. The Morgan fingerprint density at radius 1 is 1.18 bits per heavy atom. The number of halogens is 1. The van der Waals surface area contributed by atoms with Crippen molar-refractivity contribution >= 4 is 29.0 Å². The summed E-state index contributed by atoms with van der Waals surface area (Å²) in [5, 5.41) is 3.46. The van der Waals surface area contributed by atoms with E-state index in [-0.39, 0.29) is 12.1 Å². The second kappa shape index (κ2) is 9.02. The number of amides is 1. The largest absolute Gasteiger partial charge is 0.496 e. The summed E-state index contributed by atoms with van der Waals surface area (Å²) in [6.45, 7) is 7.13. The number of methoxy groups -OCH3 is 2. The number of benzene rings is 1. The molecule has 0 unspecified atom stereocenters. The number of alkyl carbamates (subject to hydrolysis) is 1. The van der Waals surface area contributed by atoms with Crippen molar-refractivity contribution in [2.75, 3.05) is 32.2 Å². The van der Waals surface area contributed by atoms with Crippen LogP contribution in [-0.4, -0.2) is 54.4 Å². The normalized spacial score (nSPS) is 16.2. The fourth-order valence-electron chi connectivity index (χ4n) is 3.94. The molecule has 1 aromatic carbocycles. The van der Waals surface area contributed by atoms with E-state index in [1.165, 1.54) is 0 Å². The van der Waals surface area contributed by atoms with Gasteiger partial charge in [0.05, 0.1) is 31.0 Å². The zero-order valence-electron chi connectivity index (χ0n) is 19.5. The van der Waals surface area contributed by atoms with E-state index < -0.39 is 5.60 Å². The molecule has 1 N–H and O–H groups in total. The third kappa shape index (κ3) is 5.11. The molecule has 1 amide bonds. The summed E-state index contributed by atoms with van der Waals surface area (Å²) in [6, 6.07) is 7.69. The molecular weight excluding hydrogens is 444 g/mol. The maximum absolute atomic E-state index is 12.1. The molecule has 9 heteroatoms. The number of carbonyl (C=O) groups is 1. The molecule has 1 aliphatic rings. The Hall–Kier alpha value is -3.13. The molecule has 1 fully saturated rings. The molecule has 0 bridgehead atoms. The first-order valence-corrected chi connectivity index (χ1v) is 11.2. The molecule has 0 saturated carbocycles. The number of nitrogens with one attached hydrogen (secondary N) is 1. The predicted octanol–water partition coefficient (Wildman–Crippen LogP) is 4.78. The second-order valence-corrected chi connectivity index (χ2v) is 9.45. The van der Waals surface area contributed by atoms with Crippen molar-refractivity contribution in [3.8, 4) is 22.8 Å². The van der Waals surface area contributed by atoms with Crippen LogP contribution in [0.1, 0.15) is 27.2 Å². The highest BCUT2D eigenvalue weighted by molar-refractivity contribution is 6.32. The van der Waals surface area contributed by atoms with E-state index in [0.717, 1.165) is 35.6 Å². The van der Waals surface area contributed by atoms with Gasteiger partial charge in [0.1, 0.15) is 22.7 Å². The molecule has 0 radical (unpaired) electrons. The lowest BCUT2D eigenvalue weighted by atomic mass is 10.1. The summed E-state index contributed by atoms with van der Waals surface area (Å²) in [5.74, 6) is 1.18. The van der Waals surface area contributed by atoms with Gasteiger partial charge in [-0.05, 0) is 39.3 Å². The highest BCUT2D eigenvalue weighted by Crippen LogP contribution is 2.38. The minimum absolute atomic E-state index is 0.0390. The lowest BCUT2D eigenvalue weighted by molar-refractivity contribution is 0.0509. The van der Waals surface area contributed by atoms with E-state index in [4.69, 9.17) is 30.8 Å². The van der Waals surface area contributed by atoms with E-state index in [9.17, 15) is 4.79 Å². The number of aromatic nitrogens is 2. The summed E-state index contributed by atoms with van der Waals surface area (Å²) in [5.41, 5.74) is 2.88. The number of carbonyl (C=O) groups excluding carboxylic acids is 1. The first-order chi connectivity index (χ1) is 15.7. The molecule has 1 aliphatic heterocycles. The van der Waals surface area contributed by atoms with Crippen molar-refractivity contribution in [3.05, 3.63) is 41.7 Å². The van der Waals surface area contributed by atoms with Crippen LogP contribution in [0.4, 0.5) is 10.5 Å². The minimum atomic E-state index is -0.511. The summed E-state index contributed by atoms with van der Waals surface area (Å²) < 4.78 is 18.2. The fraction of sp³-hybridized carbons (Fsp3) is 0.417. The van der Waals surface area contributed by atoms with Crippen LogP contribution in [0.25, 0.3) is 16.9 Å². The van der Waals surface area contributed by atoms with Gasteiger partial charge in [0.2, 0.25) is 0 Å². The Bertz CT molecular complexity index is 1170. The van der Waals surface area contributed by atoms with Gasteiger partial charge in [-0.2, -0.15) is 0 Å². The number of anilines is 1. The number of imidazole rings is 1. The number of nitrogens with zero attached hydrogens (tertiary/aromatic N) is 3. The number of hydrogen-bond donors (Lipinski definition) is 1. The molecule has 0 aliphatic carbocycles. The van der Waals surface area contributed by atoms with Crippen LogP contribution in [0.3, 0.4) is 0 Å². The van der Waals surface area contributed by atoms with Crippen LogP contribution in [0.2, 0.25) is 5.02 Å². The van der Waals surface area contributed by atoms with Crippen LogP contribution in [0, 0.1) is 0 Å². The summed E-state index contributed by atoms with van der Waals surface area (Å²) in [7, 11) is 3.17. The van der Waals surface area contributed by atoms with Gasteiger partial charge < -0.3 is 28.8 Å². The van der Waals surface area contributed by atoms with Crippen molar-refractivity contribution in [2.24, 2.45) is 0 Å². The van der Waals surface area contributed by atoms with Crippen molar-refractivity contribution in [1.82, 2.24) is 14.7 Å². The molecule has 1 atom stereocenters. The van der Waals surface area contributed by atoms with Gasteiger partial charge in [-0.1, -0.05) is 11.6 Å². The Morgan fingerprint density at radius 3 is 2.64 bits per heavy atom. The number of hydrogen-bond acceptors (Lipinski definition) is 6. The van der Waals surface area contributed by atoms with E-state index in [1.54, 1.807) is 26.4 Å². The molecule has 176 valence electrons. The molecule has 4 rings (SSSR count). The topological polar surface area (TPSA) is 77.3 Å². The van der Waals surface area contributed by atoms with Crippen molar-refractivity contribution in [3.63, 3.8) is 0 Å². The van der Waals surface area contributed by atoms with Crippen LogP contribution in [0.15, 0.2) is 36.7 Å². The molecule has 1 saturated heterocycles. The van der Waals surface area contributed by atoms with Gasteiger partial charge in [-0.25, -0.2) is 9.78 Å². The standard InChI is InChI=1S/C24H29ClN4O4/c1-24(2,3)33-23(30)26-15-6-8-28(13-15)16-7-9-29-14-19(27-22(29)10-16)17-11-18(25)21(32-5)12-20(17)31-4/h7,9-12,14-15H,6,8,13H2,1-5H3,(H,26,30)/t15-/m0/s1. The lowest BCUT2D eigenvalue weighted by Gasteiger charge is -2.22. The molecule has 33 heavy (non-hydrogen) atoms. The molecule has 2 aromatic heterocycles. The third-order valence-corrected chi connectivity index (χ3v) is 5.76. The maximum Gasteiger partial charge on any atom is 0.407 e. The van der Waals surface area contributed by atoms with Gasteiger partial charge in [-0.15, -0.1) is 0 Å². The van der Waals surface area contributed by atoms with Gasteiger partial charge in [0.25, 0.3) is 0 Å². The highest BCUT2D eigenvalue weighted by Gasteiger charge is 2.26. The molecule has 0 spiro atoms. The Labute approximate surface area is 198 Å². The van der Waals surface area contributed by atoms with Crippen molar-refractivity contribution < 1.29 is 19.0 Å². The van der Waals surface area contributed by atoms with Crippen molar-refractivity contribution in [2.45, 2.75) is 38.8 Å². The van der Waals surface area contributed by atoms with Gasteiger partial charge in [0, 0.05) is 48.9 Å². The molecular formula is C24H29ClN4O4. The quantitative estimate of drug-likeness (QED) is 0.576. The SMILES string of the molecule is COc1cc(OC)c(-c2cn3ccc(N4CC[C@H](NC(=O)OC(C)(C)C)C4)cc3n2)cc1Cl. The lowest BCUT2D eigenvalue weighted by Crippen LogP contribution is -2.40. The number of rotatable bonds is 5. The Balaban J connectivity index is 1.53. The maximum atomic E-state index is 12.1. The van der Waals surface area contributed by atoms with Gasteiger partial charge in [-0.3, -0.25) is 0 Å². The van der Waals surface area contributed by atoms with Crippen molar-refractivity contribution in [1.29, 1.82) is 0 Å². The first kappa shape index (κ1) is 23.0. The van der Waals surface area contributed by atoms with Crippen LogP contribution in [0.5, 0.6) is 11.5 Å².